The van der Waals surface area contributed by atoms with Gasteiger partial charge in [-0.05, 0) is 112 Å². The summed E-state index contributed by atoms with van der Waals surface area (Å²) in [5.74, 6) is -7.92. The number of aliphatic carboxylic acids is 1. The molecule has 28 heteroatoms. The molecule has 1 aromatic carbocycles. The van der Waals surface area contributed by atoms with E-state index >= 15 is 0 Å². The first kappa shape index (κ1) is 76.0. The number of carboxylic acids is 1. The molecule has 0 aliphatic rings. The highest BCUT2D eigenvalue weighted by Crippen LogP contribution is 2.28. The summed E-state index contributed by atoms with van der Waals surface area (Å²) in [7, 11) is 0. The van der Waals surface area contributed by atoms with Gasteiger partial charge in [0, 0.05) is 32.0 Å². The first-order valence-electron chi connectivity index (χ1n) is 31.5. The molecule has 0 radical (unpaired) electrons. The van der Waals surface area contributed by atoms with Crippen LogP contribution in [0, 0.1) is 22.0 Å². The molecule has 2 rings (SSSR count). The summed E-state index contributed by atoms with van der Waals surface area (Å²) in [6, 6.07) is -5.06. The number of nitro benzene ring substituents is 1. The van der Waals surface area contributed by atoms with Gasteiger partial charge in [-0.15, -0.1) is 0 Å². The molecule has 7 atom stereocenters. The monoisotopic (exact) mass is 1230 g/mol. The van der Waals surface area contributed by atoms with E-state index in [1.165, 1.54) is 63.5 Å². The van der Waals surface area contributed by atoms with Gasteiger partial charge in [0.25, 0.3) is 0 Å². The number of carbonyl (C=O) groups is 9. The molecular weight excluding hydrogens is 1130 g/mol. The summed E-state index contributed by atoms with van der Waals surface area (Å²) < 4.78 is 4.68. The number of unbranched alkanes of at least 4 members (excludes halogenated alkanes) is 15. The number of hydrogen-bond acceptors (Lipinski definition) is 18. The Kier molecular flexibility index (Phi) is 38.8. The number of nitro groups is 1. The van der Waals surface area contributed by atoms with Gasteiger partial charge in [-0.2, -0.15) is 0 Å². The van der Waals surface area contributed by atoms with Crippen molar-refractivity contribution in [1.82, 2.24) is 52.8 Å². The Bertz CT molecular complexity index is 2430. The average Bonchev–Trinajstić information content (AvgIpc) is 3.31. The predicted molar refractivity (Wildman–Crippen MR) is 330 cm³/mol. The molecule has 0 unspecified atom stereocenters. The van der Waals surface area contributed by atoms with Crippen LogP contribution in [0.1, 0.15) is 195 Å². The van der Waals surface area contributed by atoms with Crippen molar-refractivity contribution in [3.05, 3.63) is 22.2 Å². The number of rotatable bonds is 50. The molecule has 87 heavy (non-hydrogen) atoms. The Labute approximate surface area is 511 Å². The summed E-state index contributed by atoms with van der Waals surface area (Å²) >= 11 is 0. The van der Waals surface area contributed by atoms with E-state index < -0.39 is 107 Å². The fourth-order valence-corrected chi connectivity index (χ4v) is 9.60. The predicted octanol–water partition coefficient (Wildman–Crippen LogP) is 3.73. The number of hydrogen-bond donors (Lipinski definition) is 13. The normalized spacial score (nSPS) is 13.7. The molecule has 0 aliphatic carbocycles. The average molecular weight is 1230 g/mol. The molecule has 0 fully saturated rings. The van der Waals surface area contributed by atoms with Crippen molar-refractivity contribution in [3.8, 4) is 0 Å². The lowest BCUT2D eigenvalue weighted by Crippen LogP contribution is -2.62. The van der Waals surface area contributed by atoms with E-state index in [4.69, 9.17) is 17.2 Å². The number of non-ortho nitro benzene ring substituents is 1. The Morgan fingerprint density at radius 2 is 1.01 bits per heavy atom. The number of nitrogens with one attached hydrogen (secondary N) is 9. The standard InChI is InChI=1S/C59H103N15O13/c1-6-8-9-10-11-12-13-14-15-16-17-18-19-29-47(75)64-37-45(66-49(77)38-65-48(76)32-36-63-41-30-31-46(74(85)86)53-52(41)72-87-73-53)56(80)70-50(39(3)4)57(81)67-43(27-21-24-34-61)55(79)71-51(40(5)7-2)58(82)68-42(26-20-23-33-60)54(78)69-44(59(83)84)28-22-25-35-62/h30-31,39-40,42-45,50-51,63H,6-29,32-38,60-62H2,1-5H3,(H,64,75)(H,65,76)(H,66,77)(H,67,81)(H,68,82)(H,69,78)(H,70,80)(H,71,79)(H,83,84)/t40-,42-,43-,44-,45-,50-,51-/m0/s1. The maximum atomic E-state index is 14.3. The van der Waals surface area contributed by atoms with Crippen LogP contribution in [0.3, 0.4) is 0 Å². The van der Waals surface area contributed by atoms with Crippen molar-refractivity contribution in [2.24, 2.45) is 29.0 Å². The highest BCUT2D eigenvalue weighted by molar-refractivity contribution is 5.98. The number of carbonyl (C=O) groups excluding carboxylic acids is 8. The van der Waals surface area contributed by atoms with Crippen molar-refractivity contribution >= 4 is 75.6 Å². The molecule has 2 aromatic rings. The third-order valence-corrected chi connectivity index (χ3v) is 15.1. The van der Waals surface area contributed by atoms with Gasteiger partial charge in [-0.25, -0.2) is 9.42 Å². The number of anilines is 1. The lowest BCUT2D eigenvalue weighted by Gasteiger charge is -2.30. The molecule has 28 nitrogen and oxygen atoms in total. The third-order valence-electron chi connectivity index (χ3n) is 15.1. The van der Waals surface area contributed by atoms with E-state index in [9.17, 15) is 58.4 Å². The number of nitrogens with two attached hydrogens (primary N) is 3. The maximum absolute atomic E-state index is 14.3. The molecule has 0 saturated carbocycles. The summed E-state index contributed by atoms with van der Waals surface area (Å²) in [5.41, 5.74) is 17.1. The highest BCUT2D eigenvalue weighted by atomic mass is 16.6. The summed E-state index contributed by atoms with van der Waals surface area (Å²) in [4.78, 5) is 133. The number of nitrogens with zero attached hydrogens (tertiary/aromatic N) is 3. The van der Waals surface area contributed by atoms with Crippen LogP contribution in [0.4, 0.5) is 11.4 Å². The fourth-order valence-electron chi connectivity index (χ4n) is 9.60. The molecule has 0 spiro atoms. The Hall–Kier alpha value is -7.07. The van der Waals surface area contributed by atoms with Gasteiger partial charge in [0.05, 0.1) is 17.2 Å². The zero-order valence-corrected chi connectivity index (χ0v) is 52.1. The second-order valence-corrected chi connectivity index (χ2v) is 22.7. The van der Waals surface area contributed by atoms with Gasteiger partial charge in [0.15, 0.2) is 5.52 Å². The summed E-state index contributed by atoms with van der Waals surface area (Å²) in [6.45, 7) is 9.01. The molecule has 0 aliphatic heterocycles. The minimum Gasteiger partial charge on any atom is -0.480 e. The van der Waals surface area contributed by atoms with Gasteiger partial charge < -0.3 is 70.2 Å². The minimum absolute atomic E-state index is 0.0106. The first-order chi connectivity index (χ1) is 41.7. The van der Waals surface area contributed by atoms with Crippen LogP contribution in [0.25, 0.3) is 11.0 Å². The largest absolute Gasteiger partial charge is 0.480 e. The maximum Gasteiger partial charge on any atom is 0.326 e. The second-order valence-electron chi connectivity index (χ2n) is 22.7. The zero-order valence-electron chi connectivity index (χ0n) is 52.1. The molecule has 0 saturated heterocycles. The van der Waals surface area contributed by atoms with E-state index in [0.29, 0.717) is 70.1 Å². The Balaban J connectivity index is 2.26. The number of aromatic nitrogens is 2. The Morgan fingerprint density at radius 3 is 1.53 bits per heavy atom. The quantitative estimate of drug-likeness (QED) is 0.0255. The van der Waals surface area contributed by atoms with Gasteiger partial charge in [-0.3, -0.25) is 48.5 Å². The van der Waals surface area contributed by atoms with E-state index in [2.05, 4.69) is 69.7 Å². The Morgan fingerprint density at radius 1 is 0.540 bits per heavy atom. The van der Waals surface area contributed by atoms with Crippen molar-refractivity contribution in [3.63, 3.8) is 0 Å². The second kappa shape index (κ2) is 44.4. The number of amides is 8. The van der Waals surface area contributed by atoms with Gasteiger partial charge >= 0.3 is 11.7 Å². The molecular formula is C59H103N15O13. The van der Waals surface area contributed by atoms with Gasteiger partial charge in [0.2, 0.25) is 52.8 Å². The van der Waals surface area contributed by atoms with Crippen molar-refractivity contribution in [1.29, 1.82) is 0 Å². The van der Waals surface area contributed by atoms with E-state index in [1.54, 1.807) is 27.7 Å². The zero-order chi connectivity index (χ0) is 64.5. The van der Waals surface area contributed by atoms with E-state index in [0.717, 1.165) is 25.7 Å². The molecule has 0 bridgehead atoms. The smallest absolute Gasteiger partial charge is 0.326 e. The van der Waals surface area contributed by atoms with Gasteiger partial charge in [0.1, 0.15) is 36.3 Å². The highest BCUT2D eigenvalue weighted by Gasteiger charge is 2.36. The number of carboxylic acid groups (broad SMARTS) is 1. The lowest BCUT2D eigenvalue weighted by atomic mass is 9.96. The SMILES string of the molecule is CCCCCCCCCCCCCCCC(=O)NC[C@H](NC(=O)CNC(=O)CCNc1ccc([N+](=O)[O-])c2nonc12)C(=O)N[C@H](C(=O)N[C@@H](CCCCN)C(=O)N[C@H](C(=O)N[C@@H](CCCCN)C(=O)N[C@@H](CCCCN)C(=O)O)[C@@H](C)CC)C(C)C. The van der Waals surface area contributed by atoms with Crippen LogP contribution in [-0.2, 0) is 43.2 Å². The topological polar surface area (TPSA) is 442 Å². The van der Waals surface area contributed by atoms with Crippen LogP contribution < -0.4 is 65.1 Å². The first-order valence-corrected chi connectivity index (χ1v) is 31.5. The van der Waals surface area contributed by atoms with E-state index in [-0.39, 0.29) is 74.4 Å². The van der Waals surface area contributed by atoms with Crippen LogP contribution in [0.5, 0.6) is 0 Å². The van der Waals surface area contributed by atoms with Crippen LogP contribution >= 0.6 is 0 Å². The van der Waals surface area contributed by atoms with Crippen LogP contribution in [0.2, 0.25) is 0 Å². The number of benzene rings is 1. The summed E-state index contributed by atoms with van der Waals surface area (Å²) in [6.07, 6.45) is 18.1. The molecule has 492 valence electrons. The molecule has 1 aromatic heterocycles. The molecule has 8 amide bonds. The summed E-state index contributed by atoms with van der Waals surface area (Å²) in [5, 5.41) is 52.7. The molecule has 1 heterocycles. The van der Waals surface area contributed by atoms with Gasteiger partial charge in [-0.1, -0.05) is 118 Å². The van der Waals surface area contributed by atoms with Crippen molar-refractivity contribution in [2.75, 3.05) is 44.6 Å². The minimum atomic E-state index is -1.45. The van der Waals surface area contributed by atoms with Crippen molar-refractivity contribution < 1.29 is 57.8 Å². The fraction of sp³-hybridized carbons (Fsp3) is 0.746. The van der Waals surface area contributed by atoms with Crippen LogP contribution in [0.15, 0.2) is 16.8 Å². The van der Waals surface area contributed by atoms with E-state index in [1.807, 2.05) is 0 Å². The number of fused-ring (bicyclic) bond motifs is 1. The van der Waals surface area contributed by atoms with Crippen molar-refractivity contribution in [2.45, 2.75) is 231 Å². The molecule has 16 N–H and O–H groups in total. The van der Waals surface area contributed by atoms with Crippen LogP contribution in [-0.4, -0.2) is 149 Å². The third kappa shape index (κ3) is 30.4. The lowest BCUT2D eigenvalue weighted by molar-refractivity contribution is -0.383.